The van der Waals surface area contributed by atoms with E-state index in [1.807, 2.05) is 12.1 Å². The molecule has 0 saturated carbocycles. The van der Waals surface area contributed by atoms with Gasteiger partial charge in [0.1, 0.15) is 5.75 Å². The van der Waals surface area contributed by atoms with Crippen LogP contribution >= 0.6 is 15.9 Å². The Morgan fingerprint density at radius 3 is 2.56 bits per heavy atom. The minimum atomic E-state index is -0.128. The number of ether oxygens (including phenoxy) is 1. The van der Waals surface area contributed by atoms with E-state index in [0.29, 0.717) is 12.8 Å². The molecule has 1 N–H and O–H groups in total. The lowest BCUT2D eigenvalue weighted by Crippen LogP contribution is -2.33. The second-order valence-corrected chi connectivity index (χ2v) is 4.75. The average Bonchev–Trinajstić information content (AvgIpc) is 2.68. The molecule has 1 fully saturated rings. The minimum Gasteiger partial charge on any atom is -0.497 e. The van der Waals surface area contributed by atoms with Crippen LogP contribution in [-0.4, -0.2) is 30.5 Å². The van der Waals surface area contributed by atoms with E-state index in [-0.39, 0.29) is 18.5 Å². The van der Waals surface area contributed by atoms with Crippen LogP contribution in [0.1, 0.15) is 12.8 Å². The van der Waals surface area contributed by atoms with Crippen molar-refractivity contribution < 1.29 is 14.3 Å². The van der Waals surface area contributed by atoms with Gasteiger partial charge in [-0.05, 0) is 34.1 Å². The maximum atomic E-state index is 11.4. The summed E-state index contributed by atoms with van der Waals surface area (Å²) < 4.78 is 5.91. The third-order valence-corrected chi connectivity index (χ3v) is 3.41. The molecule has 1 aliphatic heterocycles. The normalized spacial score (nSPS) is 15.1. The first-order valence-electron chi connectivity index (χ1n) is 5.52. The lowest BCUT2D eigenvalue weighted by Gasteiger charge is -2.16. The van der Waals surface area contributed by atoms with Gasteiger partial charge in [-0.25, -0.2) is 0 Å². The number of hydrogen-bond acceptors (Lipinski definition) is 4. The third-order valence-electron chi connectivity index (χ3n) is 2.76. The zero-order chi connectivity index (χ0) is 13.1. The molecule has 1 aliphatic rings. The van der Waals surface area contributed by atoms with Gasteiger partial charge in [0.25, 0.3) is 0 Å². The monoisotopic (exact) mass is 312 g/mol. The Labute approximate surface area is 113 Å². The maximum Gasteiger partial charge on any atom is 0.231 e. The first kappa shape index (κ1) is 12.9. The number of amides is 2. The predicted octanol–water partition coefficient (Wildman–Crippen LogP) is 1.98. The molecule has 18 heavy (non-hydrogen) atoms. The van der Waals surface area contributed by atoms with Crippen LogP contribution < -0.4 is 10.1 Å². The van der Waals surface area contributed by atoms with E-state index >= 15 is 0 Å². The van der Waals surface area contributed by atoms with Crippen LogP contribution in [0, 0.1) is 0 Å². The van der Waals surface area contributed by atoms with Crippen molar-refractivity contribution >= 4 is 33.4 Å². The van der Waals surface area contributed by atoms with Crippen molar-refractivity contribution in [2.24, 2.45) is 0 Å². The van der Waals surface area contributed by atoms with Crippen molar-refractivity contribution in [3.05, 3.63) is 22.7 Å². The smallest absolute Gasteiger partial charge is 0.231 e. The third kappa shape index (κ3) is 2.64. The van der Waals surface area contributed by atoms with Crippen LogP contribution in [0.3, 0.4) is 0 Å². The fourth-order valence-corrected chi connectivity index (χ4v) is 2.23. The Morgan fingerprint density at radius 1 is 1.33 bits per heavy atom. The van der Waals surface area contributed by atoms with Crippen molar-refractivity contribution in [2.45, 2.75) is 12.8 Å². The molecular formula is C12H13BrN2O3. The van der Waals surface area contributed by atoms with Gasteiger partial charge in [0, 0.05) is 17.3 Å². The van der Waals surface area contributed by atoms with Gasteiger partial charge in [-0.1, -0.05) is 0 Å². The van der Waals surface area contributed by atoms with Gasteiger partial charge in [0.15, 0.2) is 0 Å². The summed E-state index contributed by atoms with van der Waals surface area (Å²) in [6, 6.07) is 5.45. The molecule has 0 atom stereocenters. The lowest BCUT2D eigenvalue weighted by molar-refractivity contribution is -0.137. The standard InChI is InChI=1S/C12H13BrN2O3/c1-18-8-2-3-10(9(13)6-8)14-7-15-11(16)4-5-12(15)17/h2-3,6,14H,4-5,7H2,1H3. The number of hydrogen-bond donors (Lipinski definition) is 1. The van der Waals surface area contributed by atoms with Gasteiger partial charge in [-0.2, -0.15) is 0 Å². The number of nitrogens with zero attached hydrogens (tertiary/aromatic N) is 1. The van der Waals surface area contributed by atoms with Crippen molar-refractivity contribution in [2.75, 3.05) is 19.1 Å². The average molecular weight is 313 g/mol. The highest BCUT2D eigenvalue weighted by molar-refractivity contribution is 9.10. The second-order valence-electron chi connectivity index (χ2n) is 3.90. The molecule has 0 unspecified atom stereocenters. The summed E-state index contributed by atoms with van der Waals surface area (Å²) >= 11 is 3.40. The molecule has 2 amide bonds. The van der Waals surface area contributed by atoms with Gasteiger partial charge >= 0.3 is 0 Å². The predicted molar refractivity (Wildman–Crippen MR) is 70.3 cm³/mol. The SMILES string of the molecule is COc1ccc(NCN2C(=O)CCC2=O)c(Br)c1. The molecule has 0 aromatic heterocycles. The fraction of sp³-hybridized carbons (Fsp3) is 0.333. The highest BCUT2D eigenvalue weighted by Crippen LogP contribution is 2.27. The number of nitrogens with one attached hydrogen (secondary N) is 1. The summed E-state index contributed by atoms with van der Waals surface area (Å²) in [4.78, 5) is 24.1. The summed E-state index contributed by atoms with van der Waals surface area (Å²) in [7, 11) is 1.59. The maximum absolute atomic E-state index is 11.4. The Bertz CT molecular complexity index is 474. The summed E-state index contributed by atoms with van der Waals surface area (Å²) in [5.74, 6) is 0.481. The van der Waals surface area contributed by atoms with Crippen LogP contribution in [0.4, 0.5) is 5.69 Å². The van der Waals surface area contributed by atoms with Crippen LogP contribution in [0.25, 0.3) is 0 Å². The number of halogens is 1. The van der Waals surface area contributed by atoms with Crippen LogP contribution in [0.15, 0.2) is 22.7 Å². The van der Waals surface area contributed by atoms with E-state index in [2.05, 4.69) is 21.2 Å². The Morgan fingerprint density at radius 2 is 2.00 bits per heavy atom. The van der Waals surface area contributed by atoms with Gasteiger partial charge in [-0.3, -0.25) is 14.5 Å². The minimum absolute atomic E-state index is 0.128. The molecule has 96 valence electrons. The Hall–Kier alpha value is -1.56. The number of benzene rings is 1. The zero-order valence-electron chi connectivity index (χ0n) is 9.90. The molecule has 6 heteroatoms. The van der Waals surface area contributed by atoms with Gasteiger partial charge in [0.2, 0.25) is 11.8 Å². The molecule has 0 spiro atoms. The number of rotatable bonds is 4. The zero-order valence-corrected chi connectivity index (χ0v) is 11.5. The van der Waals surface area contributed by atoms with Gasteiger partial charge in [-0.15, -0.1) is 0 Å². The van der Waals surface area contributed by atoms with Crippen molar-refractivity contribution in [3.63, 3.8) is 0 Å². The molecule has 0 bridgehead atoms. The largest absolute Gasteiger partial charge is 0.497 e. The first-order chi connectivity index (χ1) is 8.61. The number of likely N-dealkylation sites (tertiary alicyclic amines) is 1. The number of methoxy groups -OCH3 is 1. The first-order valence-corrected chi connectivity index (χ1v) is 6.31. The van der Waals surface area contributed by atoms with Gasteiger partial charge < -0.3 is 10.1 Å². The topological polar surface area (TPSA) is 58.6 Å². The quantitative estimate of drug-likeness (QED) is 0.864. The Kier molecular flexibility index (Phi) is 3.86. The number of carbonyl (C=O) groups excluding carboxylic acids is 2. The van der Waals surface area contributed by atoms with Crippen LogP contribution in [0.2, 0.25) is 0 Å². The van der Waals surface area contributed by atoms with E-state index in [1.54, 1.807) is 13.2 Å². The molecule has 1 aromatic carbocycles. The summed E-state index contributed by atoms with van der Waals surface area (Å²) in [5.41, 5.74) is 0.809. The molecule has 1 aromatic rings. The molecule has 1 saturated heterocycles. The summed E-state index contributed by atoms with van der Waals surface area (Å²) in [6.07, 6.45) is 0.620. The number of anilines is 1. The van der Waals surface area contributed by atoms with Crippen molar-refractivity contribution in [1.29, 1.82) is 0 Å². The van der Waals surface area contributed by atoms with Crippen molar-refractivity contribution in [3.8, 4) is 5.75 Å². The highest BCUT2D eigenvalue weighted by atomic mass is 79.9. The van der Waals surface area contributed by atoms with E-state index in [9.17, 15) is 9.59 Å². The molecule has 5 nitrogen and oxygen atoms in total. The molecule has 0 radical (unpaired) electrons. The van der Waals surface area contributed by atoms with E-state index in [1.165, 1.54) is 4.90 Å². The molecule has 2 rings (SSSR count). The number of imide groups is 1. The summed E-state index contributed by atoms with van der Waals surface area (Å²) in [6.45, 7) is 0.197. The van der Waals surface area contributed by atoms with Crippen molar-refractivity contribution in [1.82, 2.24) is 4.90 Å². The van der Waals surface area contributed by atoms with E-state index in [4.69, 9.17) is 4.74 Å². The fourth-order valence-electron chi connectivity index (χ4n) is 1.73. The highest BCUT2D eigenvalue weighted by Gasteiger charge is 2.28. The lowest BCUT2D eigenvalue weighted by atomic mass is 10.3. The second kappa shape index (κ2) is 5.39. The van der Waals surface area contributed by atoms with E-state index in [0.717, 1.165) is 15.9 Å². The van der Waals surface area contributed by atoms with E-state index < -0.39 is 0 Å². The van der Waals surface area contributed by atoms with Crippen LogP contribution in [0.5, 0.6) is 5.75 Å². The summed E-state index contributed by atoms with van der Waals surface area (Å²) in [5, 5.41) is 3.05. The molecule has 1 heterocycles. The van der Waals surface area contributed by atoms with Crippen LogP contribution in [-0.2, 0) is 9.59 Å². The van der Waals surface area contributed by atoms with Gasteiger partial charge in [0.05, 0.1) is 19.5 Å². The Balaban J connectivity index is 2.02. The molecular weight excluding hydrogens is 300 g/mol. The molecule has 0 aliphatic carbocycles. The number of carbonyl (C=O) groups is 2.